The molecule has 3 heterocycles. The van der Waals surface area contributed by atoms with Crippen molar-refractivity contribution in [3.8, 4) is 0 Å². The SMILES string of the molecule is CCCc1cccc(C(C=CC=C2N(CCCCS(=O)(=O)[O-])c3cc[c-]cc3C2(C)C)=CC=CC2=Nc3c(cc(Cl)c[n+]3CCCCS(=O)(=O)[O-])C2(C)C)c1.O=C=O.O=S(=O)=O.[Na+].[Na+]. The molecule has 0 amide bonds. The zero-order valence-electron chi connectivity index (χ0n) is 37.2. The minimum Gasteiger partial charge on any atom is -0.748 e. The van der Waals surface area contributed by atoms with E-state index in [-0.39, 0.29) is 82.9 Å². The van der Waals surface area contributed by atoms with Crippen molar-refractivity contribution in [1.82, 2.24) is 0 Å². The Balaban J connectivity index is 0.00000212. The molecule has 0 aliphatic carbocycles. The van der Waals surface area contributed by atoms with E-state index in [9.17, 15) is 25.9 Å². The Hall–Kier alpha value is -2.87. The van der Waals surface area contributed by atoms with Gasteiger partial charge in [-0.25, -0.2) is 21.4 Å². The molecular weight excluding hydrogens is 924 g/mol. The minimum absolute atomic E-state index is 0. The van der Waals surface area contributed by atoms with E-state index in [1.807, 2.05) is 41.0 Å². The Morgan fingerprint density at radius 2 is 1.55 bits per heavy atom. The molecule has 64 heavy (non-hydrogen) atoms. The van der Waals surface area contributed by atoms with E-state index in [1.165, 1.54) is 5.56 Å². The van der Waals surface area contributed by atoms with Gasteiger partial charge in [0.2, 0.25) is 0 Å². The smallest absolute Gasteiger partial charge is 0.748 e. The normalized spacial score (nSPS) is 15.4. The van der Waals surface area contributed by atoms with Gasteiger partial charge >= 0.3 is 81.7 Å². The quantitative estimate of drug-likeness (QED) is 0.0456. The van der Waals surface area contributed by atoms with Crippen molar-refractivity contribution < 1.29 is 112 Å². The predicted molar refractivity (Wildman–Crippen MR) is 234 cm³/mol. The van der Waals surface area contributed by atoms with E-state index in [1.54, 1.807) is 6.20 Å². The van der Waals surface area contributed by atoms with Crippen LogP contribution < -0.4 is 68.6 Å². The van der Waals surface area contributed by atoms with Crippen LogP contribution in [0.2, 0.25) is 5.02 Å². The van der Waals surface area contributed by atoms with Crippen LogP contribution in [0.4, 0.5) is 11.5 Å². The number of allylic oxidation sites excluding steroid dienone is 8. The van der Waals surface area contributed by atoms with Crippen LogP contribution in [-0.2, 0) is 64.2 Å². The van der Waals surface area contributed by atoms with Crippen LogP contribution in [0.25, 0.3) is 5.57 Å². The number of aromatic nitrogens is 1. The van der Waals surface area contributed by atoms with Crippen molar-refractivity contribution in [3.05, 3.63) is 130 Å². The number of anilines is 1. The molecule has 0 saturated carbocycles. The van der Waals surface area contributed by atoms with Crippen LogP contribution in [0.15, 0.2) is 102 Å². The fraction of sp³-hybridized carbons (Fsp3) is 0.386. The molecule has 0 unspecified atom stereocenters. The van der Waals surface area contributed by atoms with Crippen molar-refractivity contribution in [1.29, 1.82) is 0 Å². The molecule has 0 atom stereocenters. The first-order valence-corrected chi connectivity index (χ1v) is 24.2. The van der Waals surface area contributed by atoms with Crippen LogP contribution in [0, 0.1) is 6.07 Å². The molecule has 0 fully saturated rings. The van der Waals surface area contributed by atoms with E-state index in [4.69, 9.17) is 38.8 Å². The summed E-state index contributed by atoms with van der Waals surface area (Å²) in [6.45, 7) is 11.8. The van der Waals surface area contributed by atoms with Crippen LogP contribution >= 0.6 is 11.6 Å². The number of rotatable bonds is 17. The van der Waals surface area contributed by atoms with Crippen LogP contribution in [-0.4, -0.2) is 68.5 Å². The maximum Gasteiger partial charge on any atom is 1.00 e. The first-order valence-electron chi connectivity index (χ1n) is 19.7. The minimum atomic E-state index is -4.27. The standard InChI is InChI=1S/C43H52ClN3O6S2.CO2.2Na.O3S/c1-6-16-32-17-13-20-34(29-32)33(19-15-24-40-43(4,5)36-21-7-8-22-38(36)47(40)26-10-12-28-55(51,52)53)18-14-23-39-42(2,3)37-30-35(44)31-46(41(37)45-39)25-9-11-27-54(48,49)50;2-1-3;;;1-4(2)3/h8,13-15,17-24,29-31H,6,9-12,16,25-28H2,1-5H3,(H,48,49,50)(H,51,52,53);;;;/q;;2*+1;/p-2. The van der Waals surface area contributed by atoms with Gasteiger partial charge in [-0.05, 0) is 91.3 Å². The number of hydrogen-bond donors (Lipinski definition) is 0. The van der Waals surface area contributed by atoms with Gasteiger partial charge in [0.15, 0.2) is 5.71 Å². The summed E-state index contributed by atoms with van der Waals surface area (Å²) in [5.41, 5.74) is 7.62. The number of aryl methyl sites for hydroxylation is 2. The number of benzene rings is 2. The van der Waals surface area contributed by atoms with Crippen LogP contribution in [0.5, 0.6) is 0 Å². The topological polar surface area (TPSA) is 219 Å². The van der Waals surface area contributed by atoms with Gasteiger partial charge < -0.3 is 14.0 Å². The van der Waals surface area contributed by atoms with E-state index < -0.39 is 42.0 Å². The van der Waals surface area contributed by atoms with Gasteiger partial charge in [-0.15, -0.1) is 24.3 Å². The van der Waals surface area contributed by atoms with Crippen LogP contribution in [0.1, 0.15) is 89.0 Å². The summed E-state index contributed by atoms with van der Waals surface area (Å²) in [7, 11) is -11.7. The van der Waals surface area contributed by atoms with E-state index >= 15 is 0 Å². The van der Waals surface area contributed by atoms with Gasteiger partial charge in [0.05, 0.1) is 42.8 Å². The summed E-state index contributed by atoms with van der Waals surface area (Å²) < 4.78 is 94.4. The van der Waals surface area contributed by atoms with Crippen molar-refractivity contribution in [2.24, 2.45) is 4.99 Å². The molecule has 3 aromatic rings. The monoisotopic (exact) mass is 973 g/mol. The number of halogens is 1. The van der Waals surface area contributed by atoms with Gasteiger partial charge in [0.25, 0.3) is 0 Å². The number of fused-ring (bicyclic) bond motifs is 2. The number of pyridine rings is 1. The van der Waals surface area contributed by atoms with E-state index in [0.717, 1.165) is 58.0 Å². The fourth-order valence-electron chi connectivity index (χ4n) is 7.34. The van der Waals surface area contributed by atoms with Crippen LogP contribution in [0.3, 0.4) is 0 Å². The summed E-state index contributed by atoms with van der Waals surface area (Å²) in [4.78, 5) is 23.5. The fourth-order valence-corrected chi connectivity index (χ4v) is 8.68. The molecular formula is C44H50ClN3Na2O11S3. The molecule has 0 radical (unpaired) electrons. The molecule has 0 saturated heterocycles. The Morgan fingerprint density at radius 1 is 0.922 bits per heavy atom. The zero-order chi connectivity index (χ0) is 46.3. The molecule has 334 valence electrons. The second kappa shape index (κ2) is 27.1. The average molecular weight is 975 g/mol. The Kier molecular flexibility index (Phi) is 25.0. The van der Waals surface area contributed by atoms with Gasteiger partial charge in [0.1, 0.15) is 6.20 Å². The molecule has 5 rings (SSSR count). The van der Waals surface area contributed by atoms with Gasteiger partial charge in [-0.1, -0.05) is 93.0 Å². The van der Waals surface area contributed by atoms with Gasteiger partial charge in [0, 0.05) is 23.7 Å². The molecule has 2 aliphatic heterocycles. The molecule has 0 bridgehead atoms. The molecule has 1 aromatic heterocycles. The third kappa shape index (κ3) is 18.1. The first kappa shape index (κ1) is 59.1. The van der Waals surface area contributed by atoms with Crippen molar-refractivity contribution >= 4 is 71.4 Å². The number of nitrogens with zero attached hydrogens (tertiary/aromatic N) is 3. The molecule has 2 aromatic carbocycles. The first-order chi connectivity index (χ1) is 29.0. The van der Waals surface area contributed by atoms with E-state index in [2.05, 4.69) is 94.2 Å². The second-order valence-corrected chi connectivity index (χ2v) is 19.4. The summed E-state index contributed by atoms with van der Waals surface area (Å²) in [5.74, 6) is -0.0154. The zero-order valence-corrected chi connectivity index (χ0v) is 44.4. The summed E-state index contributed by atoms with van der Waals surface area (Å²) in [6.07, 6.45) is 18.0. The van der Waals surface area contributed by atoms with E-state index in [0.29, 0.717) is 37.4 Å². The largest absolute Gasteiger partial charge is 1.00 e. The Labute approximate surface area is 427 Å². The summed E-state index contributed by atoms with van der Waals surface area (Å²) in [5, 5.41) is 0.553. The summed E-state index contributed by atoms with van der Waals surface area (Å²) >= 11 is 6.54. The maximum atomic E-state index is 11.3. The van der Waals surface area contributed by atoms with Crippen molar-refractivity contribution in [3.63, 3.8) is 0 Å². The van der Waals surface area contributed by atoms with Gasteiger partial charge in [-0.3, -0.25) is 0 Å². The number of hydrogen-bond acceptors (Lipinski definition) is 13. The number of carbonyl (C=O) groups excluding carboxylic acids is 2. The average Bonchev–Trinajstić information content (AvgIpc) is 3.55. The third-order valence-corrected chi connectivity index (χ3v) is 12.1. The predicted octanol–water partition coefficient (Wildman–Crippen LogP) is 0.693. The van der Waals surface area contributed by atoms with Crippen molar-refractivity contribution in [2.45, 2.75) is 90.5 Å². The molecule has 0 spiro atoms. The molecule has 20 heteroatoms. The Morgan fingerprint density at radius 3 is 2.16 bits per heavy atom. The summed E-state index contributed by atoms with van der Waals surface area (Å²) in [6, 6.07) is 19.6. The third-order valence-electron chi connectivity index (χ3n) is 10.3. The van der Waals surface area contributed by atoms with Crippen molar-refractivity contribution in [2.75, 3.05) is 23.0 Å². The molecule has 0 N–H and O–H groups in total. The van der Waals surface area contributed by atoms with Gasteiger partial charge in [-0.2, -0.15) is 27.8 Å². The maximum absolute atomic E-state index is 11.3. The molecule has 2 aliphatic rings. The molecule has 14 nitrogen and oxygen atoms in total. The number of aliphatic imine (C=N–C) groups is 1. The number of unbranched alkanes of at least 4 members (excludes halogenated alkanes) is 2. The Bertz CT molecular complexity index is 2620. The second-order valence-electron chi connectivity index (χ2n) is 15.5.